The van der Waals surface area contributed by atoms with Crippen molar-refractivity contribution in [2.75, 3.05) is 16.2 Å². The third-order valence-corrected chi connectivity index (χ3v) is 7.56. The zero-order valence-electron chi connectivity index (χ0n) is 17.3. The van der Waals surface area contributed by atoms with Gasteiger partial charge in [-0.05, 0) is 62.2 Å². The number of carbonyl (C=O) groups excluding carboxylic acids is 1. The Balaban J connectivity index is 2.02. The lowest BCUT2D eigenvalue weighted by Gasteiger charge is -2.26. The molecule has 0 heterocycles. The molecule has 5 nitrogen and oxygen atoms in total. The van der Waals surface area contributed by atoms with Crippen LogP contribution in [0.15, 0.2) is 65.6 Å². The SMILES string of the molecule is Cc1ccc(S(=O)(=O)N(CC(=O)Nc2cccc(Cl)c2Cl)c2cccc(C)c2C)cc1. The van der Waals surface area contributed by atoms with E-state index in [-0.39, 0.29) is 14.9 Å². The molecule has 31 heavy (non-hydrogen) atoms. The van der Waals surface area contributed by atoms with Gasteiger partial charge in [0.2, 0.25) is 5.91 Å². The molecule has 0 atom stereocenters. The lowest BCUT2D eigenvalue weighted by molar-refractivity contribution is -0.114. The van der Waals surface area contributed by atoms with E-state index in [2.05, 4.69) is 5.32 Å². The zero-order valence-corrected chi connectivity index (χ0v) is 19.6. The summed E-state index contributed by atoms with van der Waals surface area (Å²) in [4.78, 5) is 13.0. The second-order valence-corrected chi connectivity index (χ2v) is 9.84. The van der Waals surface area contributed by atoms with Gasteiger partial charge in [-0.3, -0.25) is 9.10 Å². The Labute approximate surface area is 192 Å². The van der Waals surface area contributed by atoms with Crippen molar-refractivity contribution in [1.29, 1.82) is 0 Å². The van der Waals surface area contributed by atoms with Gasteiger partial charge in [-0.2, -0.15) is 0 Å². The minimum absolute atomic E-state index is 0.104. The molecule has 3 rings (SSSR count). The van der Waals surface area contributed by atoms with Crippen LogP contribution in [0.1, 0.15) is 16.7 Å². The molecule has 0 bridgehead atoms. The van der Waals surface area contributed by atoms with E-state index in [0.29, 0.717) is 11.4 Å². The van der Waals surface area contributed by atoms with Crippen LogP contribution in [0.4, 0.5) is 11.4 Å². The van der Waals surface area contributed by atoms with Crippen molar-refractivity contribution >= 4 is 50.5 Å². The smallest absolute Gasteiger partial charge is 0.264 e. The predicted molar refractivity (Wildman–Crippen MR) is 127 cm³/mol. The first-order valence-electron chi connectivity index (χ1n) is 9.50. The third kappa shape index (κ3) is 5.03. The van der Waals surface area contributed by atoms with Crippen molar-refractivity contribution in [3.05, 3.63) is 87.4 Å². The number of sulfonamides is 1. The summed E-state index contributed by atoms with van der Waals surface area (Å²) in [5, 5.41) is 3.14. The molecule has 0 spiro atoms. The summed E-state index contributed by atoms with van der Waals surface area (Å²) in [5.41, 5.74) is 3.37. The molecule has 1 amide bonds. The minimum atomic E-state index is -4.00. The highest BCUT2D eigenvalue weighted by atomic mass is 35.5. The van der Waals surface area contributed by atoms with Crippen LogP contribution in [0.5, 0.6) is 0 Å². The monoisotopic (exact) mass is 476 g/mol. The Morgan fingerprint density at radius 3 is 2.26 bits per heavy atom. The van der Waals surface area contributed by atoms with Crippen LogP contribution in [-0.4, -0.2) is 20.9 Å². The molecule has 0 fully saturated rings. The first kappa shape index (κ1) is 23.1. The predicted octanol–water partition coefficient (Wildman–Crippen LogP) is 5.75. The molecule has 162 valence electrons. The molecule has 3 aromatic carbocycles. The Hall–Kier alpha value is -2.54. The zero-order chi connectivity index (χ0) is 22.8. The highest BCUT2D eigenvalue weighted by molar-refractivity contribution is 7.92. The van der Waals surface area contributed by atoms with E-state index in [1.807, 2.05) is 26.8 Å². The quantitative estimate of drug-likeness (QED) is 0.492. The summed E-state index contributed by atoms with van der Waals surface area (Å²) in [7, 11) is -4.00. The number of nitrogens with one attached hydrogen (secondary N) is 1. The summed E-state index contributed by atoms with van der Waals surface area (Å²) < 4.78 is 28.1. The van der Waals surface area contributed by atoms with E-state index in [4.69, 9.17) is 23.2 Å². The van der Waals surface area contributed by atoms with E-state index in [0.717, 1.165) is 21.0 Å². The maximum Gasteiger partial charge on any atom is 0.264 e. The van der Waals surface area contributed by atoms with Crippen LogP contribution >= 0.6 is 23.2 Å². The molecule has 0 aliphatic carbocycles. The standard InChI is InChI=1S/C23H22Cl2N2O3S/c1-15-10-12-18(13-11-15)31(29,30)27(21-9-4-6-16(2)17(21)3)14-22(28)26-20-8-5-7-19(24)23(20)25/h4-13H,14H2,1-3H3,(H,26,28). The molecule has 0 saturated carbocycles. The summed E-state index contributed by atoms with van der Waals surface area (Å²) in [5.74, 6) is -0.541. The first-order valence-corrected chi connectivity index (χ1v) is 11.7. The fraction of sp³-hybridized carbons (Fsp3) is 0.174. The number of anilines is 2. The van der Waals surface area contributed by atoms with Crippen LogP contribution in [-0.2, 0) is 14.8 Å². The number of amides is 1. The average molecular weight is 477 g/mol. The first-order chi connectivity index (χ1) is 14.6. The van der Waals surface area contributed by atoms with E-state index >= 15 is 0 Å². The van der Waals surface area contributed by atoms with Gasteiger partial charge < -0.3 is 5.32 Å². The number of hydrogen-bond acceptors (Lipinski definition) is 3. The molecule has 0 aliphatic rings. The Morgan fingerprint density at radius 1 is 0.935 bits per heavy atom. The van der Waals surface area contributed by atoms with E-state index in [1.54, 1.807) is 42.5 Å². The summed E-state index contributed by atoms with van der Waals surface area (Å²) >= 11 is 12.2. The topological polar surface area (TPSA) is 66.5 Å². The molecule has 3 aromatic rings. The van der Waals surface area contributed by atoms with Gasteiger partial charge in [0.1, 0.15) is 6.54 Å². The lowest BCUT2D eigenvalue weighted by Crippen LogP contribution is -2.38. The Bertz CT molecular complexity index is 1230. The Morgan fingerprint density at radius 2 is 1.58 bits per heavy atom. The fourth-order valence-electron chi connectivity index (χ4n) is 3.06. The molecular weight excluding hydrogens is 455 g/mol. The van der Waals surface area contributed by atoms with Gasteiger partial charge in [-0.1, -0.05) is 59.1 Å². The summed E-state index contributed by atoms with van der Waals surface area (Å²) in [6.07, 6.45) is 0. The number of nitrogens with zero attached hydrogens (tertiary/aromatic N) is 1. The Kier molecular flexibility index (Phi) is 6.94. The van der Waals surface area contributed by atoms with Gasteiger partial charge in [0.25, 0.3) is 10.0 Å². The maximum absolute atomic E-state index is 13.5. The van der Waals surface area contributed by atoms with Crippen molar-refractivity contribution in [2.24, 2.45) is 0 Å². The van der Waals surface area contributed by atoms with Gasteiger partial charge in [0.05, 0.1) is 26.3 Å². The second kappa shape index (κ2) is 9.30. The fourth-order valence-corrected chi connectivity index (χ4v) is 4.89. The number of aryl methyl sites for hydroxylation is 2. The molecule has 0 aliphatic heterocycles. The molecule has 0 saturated heterocycles. The summed E-state index contributed by atoms with van der Waals surface area (Å²) in [6, 6.07) is 16.7. The number of benzene rings is 3. The van der Waals surface area contributed by atoms with Crippen LogP contribution in [0.25, 0.3) is 0 Å². The van der Waals surface area contributed by atoms with E-state index < -0.39 is 22.5 Å². The van der Waals surface area contributed by atoms with Gasteiger partial charge in [0, 0.05) is 0 Å². The molecule has 1 N–H and O–H groups in total. The van der Waals surface area contributed by atoms with Crippen molar-refractivity contribution < 1.29 is 13.2 Å². The number of rotatable bonds is 6. The summed E-state index contributed by atoms with van der Waals surface area (Å²) in [6.45, 7) is 5.17. The lowest BCUT2D eigenvalue weighted by atomic mass is 10.1. The number of halogens is 2. The van der Waals surface area contributed by atoms with Crippen LogP contribution < -0.4 is 9.62 Å². The van der Waals surface area contributed by atoms with Crippen molar-refractivity contribution in [1.82, 2.24) is 0 Å². The largest absolute Gasteiger partial charge is 0.323 e. The second-order valence-electron chi connectivity index (χ2n) is 7.19. The van der Waals surface area contributed by atoms with Crippen molar-refractivity contribution in [3.8, 4) is 0 Å². The average Bonchev–Trinajstić information content (AvgIpc) is 2.72. The molecule has 0 aromatic heterocycles. The van der Waals surface area contributed by atoms with E-state index in [9.17, 15) is 13.2 Å². The molecular formula is C23H22Cl2N2O3S. The number of carbonyl (C=O) groups is 1. The normalized spacial score (nSPS) is 11.3. The van der Waals surface area contributed by atoms with Gasteiger partial charge in [0.15, 0.2) is 0 Å². The van der Waals surface area contributed by atoms with Crippen molar-refractivity contribution in [2.45, 2.75) is 25.7 Å². The number of hydrogen-bond donors (Lipinski definition) is 1. The van der Waals surface area contributed by atoms with Gasteiger partial charge in [-0.25, -0.2) is 8.42 Å². The third-order valence-electron chi connectivity index (χ3n) is 4.97. The molecule has 8 heteroatoms. The molecule has 0 unspecified atom stereocenters. The maximum atomic E-state index is 13.5. The van der Waals surface area contributed by atoms with Crippen LogP contribution in [0.3, 0.4) is 0 Å². The highest BCUT2D eigenvalue weighted by Crippen LogP contribution is 2.31. The highest BCUT2D eigenvalue weighted by Gasteiger charge is 2.28. The van der Waals surface area contributed by atoms with E-state index in [1.165, 1.54) is 12.1 Å². The van der Waals surface area contributed by atoms with Crippen LogP contribution in [0.2, 0.25) is 10.0 Å². The van der Waals surface area contributed by atoms with Gasteiger partial charge in [-0.15, -0.1) is 0 Å². The van der Waals surface area contributed by atoms with Crippen molar-refractivity contribution in [3.63, 3.8) is 0 Å². The van der Waals surface area contributed by atoms with Gasteiger partial charge >= 0.3 is 0 Å². The minimum Gasteiger partial charge on any atom is -0.323 e. The van der Waals surface area contributed by atoms with Crippen LogP contribution in [0, 0.1) is 20.8 Å². The molecule has 0 radical (unpaired) electrons.